The first-order valence-electron chi connectivity index (χ1n) is 7.12. The summed E-state index contributed by atoms with van der Waals surface area (Å²) in [7, 11) is -3.55. The van der Waals surface area contributed by atoms with Crippen molar-refractivity contribution in [2.24, 2.45) is 0 Å². The minimum Gasteiger partial charge on any atom is -0.452 e. The lowest BCUT2D eigenvalue weighted by atomic mass is 10.4. The van der Waals surface area contributed by atoms with Gasteiger partial charge < -0.3 is 9.73 Å². The van der Waals surface area contributed by atoms with E-state index >= 15 is 0 Å². The van der Waals surface area contributed by atoms with Gasteiger partial charge in [-0.3, -0.25) is 0 Å². The Kier molecular flexibility index (Phi) is 5.65. The fourth-order valence-electron chi connectivity index (χ4n) is 2.11. The molecule has 0 radical (unpaired) electrons. The van der Waals surface area contributed by atoms with Crippen LogP contribution in [0.5, 0.6) is 0 Å². The average Bonchev–Trinajstić information content (AvgIpc) is 3.19. The van der Waals surface area contributed by atoms with Crippen LogP contribution < -0.4 is 5.32 Å². The Balaban J connectivity index is 2.20. The lowest BCUT2D eigenvalue weighted by Gasteiger charge is -2.19. The first kappa shape index (κ1) is 16.7. The van der Waals surface area contributed by atoms with Crippen LogP contribution in [0.3, 0.4) is 0 Å². The predicted molar refractivity (Wildman–Crippen MR) is 85.5 cm³/mol. The highest BCUT2D eigenvalue weighted by atomic mass is 79.9. The molecule has 1 aliphatic rings. The van der Waals surface area contributed by atoms with Crippen molar-refractivity contribution in [1.82, 2.24) is 9.62 Å². The van der Waals surface area contributed by atoms with Crippen molar-refractivity contribution in [2.45, 2.75) is 43.7 Å². The summed E-state index contributed by atoms with van der Waals surface area (Å²) in [5, 5.41) is 3.19. The Bertz CT molecular complexity index is 593. The second-order valence-electron chi connectivity index (χ2n) is 5.12. The summed E-state index contributed by atoms with van der Waals surface area (Å²) < 4.78 is 32.7. The van der Waals surface area contributed by atoms with Gasteiger partial charge in [-0.1, -0.05) is 13.0 Å². The van der Waals surface area contributed by atoms with E-state index in [0.29, 0.717) is 18.8 Å². The highest BCUT2D eigenvalue weighted by Crippen LogP contribution is 2.35. The fraction of sp³-hybridized carbons (Fsp3) is 0.571. The summed E-state index contributed by atoms with van der Waals surface area (Å²) in [5.74, 6) is 0.614. The van der Waals surface area contributed by atoms with Crippen molar-refractivity contribution in [3.63, 3.8) is 0 Å². The number of hydrogen-bond donors (Lipinski definition) is 1. The van der Waals surface area contributed by atoms with Crippen LogP contribution in [0.4, 0.5) is 0 Å². The maximum atomic E-state index is 12.7. The summed E-state index contributed by atoms with van der Waals surface area (Å²) in [6.07, 6.45) is 4.45. The molecule has 21 heavy (non-hydrogen) atoms. The monoisotopic (exact) mass is 376 g/mol. The molecule has 1 aromatic heterocycles. The lowest BCUT2D eigenvalue weighted by molar-refractivity contribution is 0.430. The molecule has 0 saturated heterocycles. The maximum Gasteiger partial charge on any atom is 0.248 e. The second-order valence-corrected chi connectivity index (χ2v) is 7.70. The van der Waals surface area contributed by atoms with Crippen LogP contribution in [-0.4, -0.2) is 31.9 Å². The van der Waals surface area contributed by atoms with Gasteiger partial charge >= 0.3 is 0 Å². The minimum absolute atomic E-state index is 0.0940. The topological polar surface area (TPSA) is 62.6 Å². The molecule has 5 nitrogen and oxygen atoms in total. The van der Waals surface area contributed by atoms with E-state index < -0.39 is 10.0 Å². The third-order valence-electron chi connectivity index (χ3n) is 3.28. The largest absolute Gasteiger partial charge is 0.452 e. The third kappa shape index (κ3) is 3.97. The van der Waals surface area contributed by atoms with Gasteiger partial charge in [-0.2, -0.15) is 4.31 Å². The number of sulfonamides is 1. The van der Waals surface area contributed by atoms with Crippen LogP contribution in [0.25, 0.3) is 0 Å². The van der Waals surface area contributed by atoms with Crippen molar-refractivity contribution >= 4 is 26.0 Å². The summed E-state index contributed by atoms with van der Waals surface area (Å²) in [6.45, 7) is 7.43. The van der Waals surface area contributed by atoms with E-state index in [2.05, 4.69) is 34.7 Å². The van der Waals surface area contributed by atoms with E-state index in [-0.39, 0.29) is 15.6 Å². The van der Waals surface area contributed by atoms with Crippen LogP contribution in [-0.2, 0) is 16.6 Å². The molecular formula is C14H21BrN2O3S. The molecule has 1 N–H and O–H groups in total. The van der Waals surface area contributed by atoms with Gasteiger partial charge in [0, 0.05) is 18.7 Å². The molecule has 1 fully saturated rings. The number of rotatable bonds is 9. The summed E-state index contributed by atoms with van der Waals surface area (Å²) in [4.78, 5) is 0.199. The molecule has 1 aromatic rings. The van der Waals surface area contributed by atoms with Gasteiger partial charge in [0.2, 0.25) is 10.0 Å². The van der Waals surface area contributed by atoms with Crippen molar-refractivity contribution in [3.8, 4) is 0 Å². The highest BCUT2D eigenvalue weighted by molar-refractivity contribution is 9.10. The van der Waals surface area contributed by atoms with Gasteiger partial charge in [-0.25, -0.2) is 8.42 Å². The van der Waals surface area contributed by atoms with Gasteiger partial charge in [0.15, 0.2) is 4.67 Å². The van der Waals surface area contributed by atoms with Crippen LogP contribution in [0, 0.1) is 0 Å². The zero-order valence-corrected chi connectivity index (χ0v) is 14.5. The van der Waals surface area contributed by atoms with Crippen molar-refractivity contribution in [2.75, 3.05) is 13.1 Å². The molecular weight excluding hydrogens is 356 g/mol. The molecule has 1 saturated carbocycles. The van der Waals surface area contributed by atoms with E-state index in [9.17, 15) is 8.42 Å². The Morgan fingerprint density at radius 3 is 2.86 bits per heavy atom. The van der Waals surface area contributed by atoms with Gasteiger partial charge in [0.1, 0.15) is 10.7 Å². The Hall–Kier alpha value is -0.630. The number of nitrogens with one attached hydrogen (secondary N) is 1. The van der Waals surface area contributed by atoms with Crippen molar-refractivity contribution in [1.29, 1.82) is 0 Å². The number of nitrogens with zero attached hydrogens (tertiary/aromatic N) is 1. The molecule has 118 valence electrons. The van der Waals surface area contributed by atoms with E-state index in [4.69, 9.17) is 4.42 Å². The molecule has 0 atom stereocenters. The molecule has 7 heteroatoms. The molecule has 2 rings (SSSR count). The first-order chi connectivity index (χ1) is 10.0. The van der Waals surface area contributed by atoms with Gasteiger partial charge in [-0.15, -0.1) is 6.58 Å². The second kappa shape index (κ2) is 7.09. The summed E-state index contributed by atoms with van der Waals surface area (Å²) >= 11 is 3.22. The van der Waals surface area contributed by atoms with Crippen molar-refractivity contribution in [3.05, 3.63) is 29.2 Å². The normalized spacial score (nSPS) is 15.6. The van der Waals surface area contributed by atoms with E-state index in [1.54, 1.807) is 12.1 Å². The number of furan rings is 1. The SMILES string of the molecule is C=CCN(C1CC1)S(=O)(=O)c1cc(CNCCC)oc1Br. The highest BCUT2D eigenvalue weighted by Gasteiger charge is 2.39. The molecule has 1 heterocycles. The van der Waals surface area contributed by atoms with E-state index in [0.717, 1.165) is 25.8 Å². The number of halogens is 1. The molecule has 0 aromatic carbocycles. The zero-order valence-electron chi connectivity index (χ0n) is 12.1. The number of hydrogen-bond acceptors (Lipinski definition) is 4. The van der Waals surface area contributed by atoms with Crippen LogP contribution in [0.1, 0.15) is 31.9 Å². The molecule has 0 aliphatic heterocycles. The molecule has 0 bridgehead atoms. The van der Waals surface area contributed by atoms with E-state index in [1.165, 1.54) is 4.31 Å². The molecule has 1 aliphatic carbocycles. The van der Waals surface area contributed by atoms with Gasteiger partial charge in [-0.05, 0) is 41.7 Å². The third-order valence-corrected chi connectivity index (χ3v) is 6.06. The quantitative estimate of drug-likeness (QED) is 0.531. The predicted octanol–water partition coefficient (Wildman–Crippen LogP) is 2.88. The smallest absolute Gasteiger partial charge is 0.248 e. The van der Waals surface area contributed by atoms with Crippen LogP contribution >= 0.6 is 15.9 Å². The van der Waals surface area contributed by atoms with Gasteiger partial charge in [0.25, 0.3) is 0 Å². The lowest BCUT2D eigenvalue weighted by Crippen LogP contribution is -2.33. The molecule has 0 spiro atoms. The summed E-state index contributed by atoms with van der Waals surface area (Å²) in [5.41, 5.74) is 0. The van der Waals surface area contributed by atoms with E-state index in [1.807, 2.05) is 0 Å². The first-order valence-corrected chi connectivity index (χ1v) is 9.35. The molecule has 0 amide bonds. The zero-order chi connectivity index (χ0) is 15.5. The standard InChI is InChI=1S/C14H21BrN2O3S/c1-3-7-16-10-12-9-13(14(15)20-12)21(18,19)17(8-4-2)11-5-6-11/h4,9,11,16H,2-3,5-8,10H2,1H3. The minimum atomic E-state index is -3.55. The molecule has 0 unspecified atom stereocenters. The Morgan fingerprint density at radius 1 is 1.57 bits per heavy atom. The van der Waals surface area contributed by atoms with Crippen LogP contribution in [0.2, 0.25) is 0 Å². The Labute approximate surface area is 134 Å². The maximum absolute atomic E-state index is 12.7. The van der Waals surface area contributed by atoms with Crippen LogP contribution in [0.15, 0.2) is 32.7 Å². The summed E-state index contributed by atoms with van der Waals surface area (Å²) in [6, 6.07) is 1.69. The van der Waals surface area contributed by atoms with Gasteiger partial charge in [0.05, 0.1) is 6.54 Å². The fourth-order valence-corrected chi connectivity index (χ4v) is 4.73. The average molecular weight is 377 g/mol. The Morgan fingerprint density at radius 2 is 2.29 bits per heavy atom. The van der Waals surface area contributed by atoms with Crippen molar-refractivity contribution < 1.29 is 12.8 Å².